The van der Waals surface area contributed by atoms with Crippen molar-refractivity contribution in [1.82, 2.24) is 5.32 Å². The van der Waals surface area contributed by atoms with Crippen molar-refractivity contribution in [2.45, 2.75) is 24.7 Å². The van der Waals surface area contributed by atoms with E-state index in [0.717, 1.165) is 16.8 Å². The van der Waals surface area contributed by atoms with Gasteiger partial charge in [-0.15, -0.1) is 0 Å². The Bertz CT molecular complexity index is 881. The quantitative estimate of drug-likeness (QED) is 0.748. The highest BCUT2D eigenvalue weighted by Crippen LogP contribution is 2.45. The number of esters is 1. The first-order chi connectivity index (χ1) is 13.5. The molecule has 1 atom stereocenters. The molecule has 0 unspecified atom stereocenters. The number of fused-ring (bicyclic) bond motifs is 1. The highest BCUT2D eigenvalue weighted by atomic mass is 16.5. The first-order valence-electron chi connectivity index (χ1n) is 9.23. The number of nitrogens with one attached hydrogen (secondary N) is 1. The zero-order valence-corrected chi connectivity index (χ0v) is 16.1. The number of carbonyl (C=O) groups is 3. The topological polar surface area (TPSA) is 75.7 Å². The van der Waals surface area contributed by atoms with Crippen LogP contribution in [0.15, 0.2) is 54.6 Å². The molecule has 2 amide bonds. The van der Waals surface area contributed by atoms with Crippen LogP contribution in [0.5, 0.6) is 0 Å². The summed E-state index contributed by atoms with van der Waals surface area (Å²) < 4.78 is 4.59. The molecule has 2 aromatic rings. The van der Waals surface area contributed by atoms with E-state index in [1.807, 2.05) is 54.6 Å². The molecular weight excluding hydrogens is 356 g/mol. The summed E-state index contributed by atoms with van der Waals surface area (Å²) in [6.07, 6.45) is 0.542. The van der Waals surface area contributed by atoms with Gasteiger partial charge in [0, 0.05) is 25.7 Å². The summed E-state index contributed by atoms with van der Waals surface area (Å²) in [6, 6.07) is 17.3. The molecule has 146 valence electrons. The van der Waals surface area contributed by atoms with Gasteiger partial charge in [-0.3, -0.25) is 14.4 Å². The zero-order chi connectivity index (χ0) is 20.1. The summed E-state index contributed by atoms with van der Waals surface area (Å²) in [4.78, 5) is 38.9. The number of anilines is 1. The van der Waals surface area contributed by atoms with Gasteiger partial charge in [-0.25, -0.2) is 0 Å². The van der Waals surface area contributed by atoms with Crippen LogP contribution in [-0.2, 0) is 31.0 Å². The number of carbonyl (C=O) groups excluding carboxylic acids is 3. The third-order valence-corrected chi connectivity index (χ3v) is 5.19. The summed E-state index contributed by atoms with van der Waals surface area (Å²) in [5.74, 6) is -0.750. The molecule has 0 aliphatic carbocycles. The SMILES string of the molecule is COC(=O)CCNC(=O)C[C@@]1(Cc2ccccc2)C(=O)N(C)c2ccccc21. The fraction of sp³-hybridized carbons (Fsp3) is 0.318. The third kappa shape index (κ3) is 3.76. The van der Waals surface area contributed by atoms with Crippen molar-refractivity contribution in [3.8, 4) is 0 Å². The molecule has 3 rings (SSSR count). The Morgan fingerprint density at radius 2 is 1.75 bits per heavy atom. The van der Waals surface area contributed by atoms with Crippen molar-refractivity contribution in [3.63, 3.8) is 0 Å². The van der Waals surface area contributed by atoms with E-state index in [9.17, 15) is 14.4 Å². The first-order valence-corrected chi connectivity index (χ1v) is 9.23. The molecule has 6 heteroatoms. The van der Waals surface area contributed by atoms with E-state index >= 15 is 0 Å². The smallest absolute Gasteiger partial charge is 0.307 e. The number of nitrogens with zero attached hydrogens (tertiary/aromatic N) is 1. The molecule has 0 saturated heterocycles. The van der Waals surface area contributed by atoms with Crippen LogP contribution in [0.3, 0.4) is 0 Å². The minimum Gasteiger partial charge on any atom is -0.469 e. The summed E-state index contributed by atoms with van der Waals surface area (Å²) in [5, 5.41) is 2.74. The van der Waals surface area contributed by atoms with Crippen molar-refractivity contribution in [3.05, 3.63) is 65.7 Å². The molecule has 1 heterocycles. The van der Waals surface area contributed by atoms with Crippen LogP contribution in [0.2, 0.25) is 0 Å². The van der Waals surface area contributed by atoms with Gasteiger partial charge in [0.2, 0.25) is 11.8 Å². The summed E-state index contributed by atoms with van der Waals surface area (Å²) in [5.41, 5.74) is 1.70. The lowest BCUT2D eigenvalue weighted by atomic mass is 9.73. The molecule has 28 heavy (non-hydrogen) atoms. The van der Waals surface area contributed by atoms with E-state index in [0.29, 0.717) is 6.42 Å². The molecule has 6 nitrogen and oxygen atoms in total. The van der Waals surface area contributed by atoms with Gasteiger partial charge in [0.05, 0.1) is 18.9 Å². The van der Waals surface area contributed by atoms with Crippen LogP contribution in [0.1, 0.15) is 24.0 Å². The van der Waals surface area contributed by atoms with Gasteiger partial charge in [0.25, 0.3) is 0 Å². The molecule has 0 spiro atoms. The van der Waals surface area contributed by atoms with E-state index in [1.165, 1.54) is 7.11 Å². The van der Waals surface area contributed by atoms with Crippen LogP contribution >= 0.6 is 0 Å². The van der Waals surface area contributed by atoms with E-state index < -0.39 is 5.41 Å². The maximum atomic E-state index is 13.3. The van der Waals surface area contributed by atoms with Gasteiger partial charge in [-0.2, -0.15) is 0 Å². The normalized spacial score (nSPS) is 17.9. The van der Waals surface area contributed by atoms with E-state index in [-0.39, 0.29) is 37.2 Å². The highest BCUT2D eigenvalue weighted by Gasteiger charge is 2.50. The lowest BCUT2D eigenvalue weighted by Gasteiger charge is -2.28. The minimum atomic E-state index is -0.970. The average Bonchev–Trinajstić information content (AvgIpc) is 2.91. The second kappa shape index (κ2) is 8.25. The second-order valence-corrected chi connectivity index (χ2v) is 6.98. The molecule has 0 bridgehead atoms. The minimum absolute atomic E-state index is 0.0171. The van der Waals surface area contributed by atoms with Gasteiger partial charge in [0.15, 0.2) is 0 Å². The van der Waals surface area contributed by atoms with E-state index in [2.05, 4.69) is 10.1 Å². The van der Waals surface area contributed by atoms with Gasteiger partial charge < -0.3 is 15.0 Å². The number of methoxy groups -OCH3 is 1. The van der Waals surface area contributed by atoms with Crippen molar-refractivity contribution < 1.29 is 19.1 Å². The summed E-state index contributed by atoms with van der Waals surface area (Å²) in [6.45, 7) is 0.179. The van der Waals surface area contributed by atoms with Crippen LogP contribution in [0.25, 0.3) is 0 Å². The molecule has 1 aliphatic rings. The van der Waals surface area contributed by atoms with Crippen molar-refractivity contribution in [2.24, 2.45) is 0 Å². The zero-order valence-electron chi connectivity index (χ0n) is 16.1. The predicted octanol–water partition coefficient (Wildman–Crippen LogP) is 2.21. The molecular formula is C22H24N2O4. The highest BCUT2D eigenvalue weighted by molar-refractivity contribution is 6.09. The molecule has 2 aromatic carbocycles. The Labute approximate surface area is 164 Å². The Balaban J connectivity index is 1.89. The maximum Gasteiger partial charge on any atom is 0.307 e. The largest absolute Gasteiger partial charge is 0.469 e. The number of likely N-dealkylation sites (N-methyl/N-ethyl adjacent to an activating group) is 1. The van der Waals surface area contributed by atoms with Crippen molar-refractivity contribution in [2.75, 3.05) is 25.6 Å². The van der Waals surface area contributed by atoms with E-state index in [1.54, 1.807) is 11.9 Å². The lowest BCUT2D eigenvalue weighted by molar-refractivity contribution is -0.140. The fourth-order valence-corrected chi connectivity index (χ4v) is 3.81. The van der Waals surface area contributed by atoms with Gasteiger partial charge >= 0.3 is 5.97 Å². The van der Waals surface area contributed by atoms with Crippen LogP contribution in [0.4, 0.5) is 5.69 Å². The lowest BCUT2D eigenvalue weighted by Crippen LogP contribution is -2.44. The average molecular weight is 380 g/mol. The van der Waals surface area contributed by atoms with Crippen LogP contribution in [0, 0.1) is 0 Å². The molecule has 0 radical (unpaired) electrons. The third-order valence-electron chi connectivity index (χ3n) is 5.19. The first kappa shape index (κ1) is 19.6. The van der Waals surface area contributed by atoms with Gasteiger partial charge in [-0.1, -0.05) is 48.5 Å². The Morgan fingerprint density at radius 3 is 2.46 bits per heavy atom. The van der Waals surface area contributed by atoms with Crippen LogP contribution in [-0.4, -0.2) is 38.5 Å². The molecule has 0 aromatic heterocycles. The number of amides is 2. The van der Waals surface area contributed by atoms with Gasteiger partial charge in [0.1, 0.15) is 0 Å². The fourth-order valence-electron chi connectivity index (χ4n) is 3.81. The van der Waals surface area contributed by atoms with Gasteiger partial charge in [-0.05, 0) is 23.6 Å². The van der Waals surface area contributed by atoms with Crippen molar-refractivity contribution >= 4 is 23.5 Å². The summed E-state index contributed by atoms with van der Waals surface area (Å²) >= 11 is 0. The standard InChI is InChI=1S/C22H24N2O4/c1-24-18-11-7-6-10-17(18)22(21(24)27,14-16-8-4-3-5-9-16)15-19(25)23-13-12-20(26)28-2/h3-11H,12-15H2,1-2H3,(H,23,25)/t22-/m1/s1. The molecule has 0 fully saturated rings. The van der Waals surface area contributed by atoms with E-state index in [4.69, 9.17) is 0 Å². The Kier molecular flexibility index (Phi) is 5.78. The second-order valence-electron chi connectivity index (χ2n) is 6.98. The molecule has 1 N–H and O–H groups in total. The number of para-hydroxylation sites is 1. The number of ether oxygens (including phenoxy) is 1. The number of hydrogen-bond donors (Lipinski definition) is 1. The monoisotopic (exact) mass is 380 g/mol. The number of rotatable bonds is 7. The van der Waals surface area contributed by atoms with Crippen molar-refractivity contribution in [1.29, 1.82) is 0 Å². The summed E-state index contributed by atoms with van der Waals surface area (Å²) in [7, 11) is 3.05. The molecule has 1 aliphatic heterocycles. The number of hydrogen-bond acceptors (Lipinski definition) is 4. The number of benzene rings is 2. The maximum absolute atomic E-state index is 13.3. The molecule has 0 saturated carbocycles. The Hall–Kier alpha value is -3.15. The Morgan fingerprint density at radius 1 is 1.07 bits per heavy atom. The predicted molar refractivity (Wildman–Crippen MR) is 106 cm³/mol. The van der Waals surface area contributed by atoms with Crippen LogP contribution < -0.4 is 10.2 Å².